The molecule has 0 spiro atoms. The highest BCUT2D eigenvalue weighted by molar-refractivity contribution is 5.90. The van der Waals surface area contributed by atoms with E-state index < -0.39 is 23.2 Å². The van der Waals surface area contributed by atoms with Crippen LogP contribution in [0.1, 0.15) is 56.5 Å². The van der Waals surface area contributed by atoms with Gasteiger partial charge >= 0.3 is 5.97 Å². The number of unbranched alkanes of at least 4 members (excludes halogenated alkanes) is 1. The van der Waals surface area contributed by atoms with Crippen LogP contribution in [0.3, 0.4) is 0 Å². The van der Waals surface area contributed by atoms with Crippen molar-refractivity contribution in [2.45, 2.75) is 52.6 Å². The van der Waals surface area contributed by atoms with Gasteiger partial charge in [0.15, 0.2) is 0 Å². The molecule has 0 aromatic heterocycles. The fourth-order valence-electron chi connectivity index (χ4n) is 1.67. The summed E-state index contributed by atoms with van der Waals surface area (Å²) >= 11 is 0. The van der Waals surface area contributed by atoms with Gasteiger partial charge in [-0.3, -0.25) is 0 Å². The largest absolute Gasteiger partial charge is 0.456 e. The van der Waals surface area contributed by atoms with Crippen LogP contribution >= 0.6 is 0 Å². The van der Waals surface area contributed by atoms with E-state index in [9.17, 15) is 13.6 Å². The van der Waals surface area contributed by atoms with Crippen molar-refractivity contribution in [3.63, 3.8) is 0 Å². The zero-order valence-electron chi connectivity index (χ0n) is 11.8. The summed E-state index contributed by atoms with van der Waals surface area (Å²) in [4.78, 5) is 11.8. The van der Waals surface area contributed by atoms with Gasteiger partial charge in [0.25, 0.3) is 0 Å². The molecule has 19 heavy (non-hydrogen) atoms. The monoisotopic (exact) mass is 270 g/mol. The van der Waals surface area contributed by atoms with Crippen molar-refractivity contribution in [3.8, 4) is 0 Å². The molecule has 0 saturated heterocycles. The number of carbonyl (C=O) groups is 1. The SMILES string of the molecule is CCCCc1c(F)ccc(C(=O)OC(C)(C)C)c1F. The van der Waals surface area contributed by atoms with E-state index in [-0.39, 0.29) is 17.5 Å². The van der Waals surface area contributed by atoms with Crippen molar-refractivity contribution in [3.05, 3.63) is 34.9 Å². The van der Waals surface area contributed by atoms with E-state index in [2.05, 4.69) is 0 Å². The molecule has 0 aliphatic carbocycles. The number of rotatable bonds is 4. The third-order valence-electron chi connectivity index (χ3n) is 2.59. The zero-order valence-corrected chi connectivity index (χ0v) is 11.8. The van der Waals surface area contributed by atoms with Gasteiger partial charge in [0.1, 0.15) is 17.2 Å². The van der Waals surface area contributed by atoms with Gasteiger partial charge in [-0.15, -0.1) is 0 Å². The number of carbonyl (C=O) groups excluding carboxylic acids is 1. The first-order chi connectivity index (χ1) is 8.76. The van der Waals surface area contributed by atoms with Crippen molar-refractivity contribution in [2.24, 2.45) is 0 Å². The summed E-state index contributed by atoms with van der Waals surface area (Å²) < 4.78 is 32.8. The topological polar surface area (TPSA) is 26.3 Å². The Hall–Kier alpha value is -1.45. The summed E-state index contributed by atoms with van der Waals surface area (Å²) in [7, 11) is 0. The molecule has 0 amide bonds. The zero-order chi connectivity index (χ0) is 14.6. The van der Waals surface area contributed by atoms with Crippen LogP contribution in [0.5, 0.6) is 0 Å². The Morgan fingerprint density at radius 2 is 1.89 bits per heavy atom. The van der Waals surface area contributed by atoms with Crippen molar-refractivity contribution in [1.82, 2.24) is 0 Å². The smallest absolute Gasteiger partial charge is 0.341 e. The highest BCUT2D eigenvalue weighted by Gasteiger charge is 2.23. The van der Waals surface area contributed by atoms with Crippen LogP contribution in [0.25, 0.3) is 0 Å². The van der Waals surface area contributed by atoms with Crippen LogP contribution in [-0.4, -0.2) is 11.6 Å². The van der Waals surface area contributed by atoms with Crippen molar-refractivity contribution in [1.29, 1.82) is 0 Å². The van der Waals surface area contributed by atoms with E-state index in [1.807, 2.05) is 6.92 Å². The van der Waals surface area contributed by atoms with Gasteiger partial charge in [0.2, 0.25) is 0 Å². The van der Waals surface area contributed by atoms with E-state index in [1.165, 1.54) is 0 Å². The van der Waals surface area contributed by atoms with E-state index in [1.54, 1.807) is 20.8 Å². The molecule has 1 rings (SSSR count). The average molecular weight is 270 g/mol. The highest BCUT2D eigenvalue weighted by atomic mass is 19.1. The molecule has 0 saturated carbocycles. The number of hydrogen-bond acceptors (Lipinski definition) is 2. The molecule has 0 N–H and O–H groups in total. The predicted octanol–water partition coefficient (Wildman–Crippen LogP) is 4.26. The lowest BCUT2D eigenvalue weighted by atomic mass is 10.0. The molecule has 0 heterocycles. The van der Waals surface area contributed by atoms with Crippen LogP contribution in [0.4, 0.5) is 8.78 Å². The summed E-state index contributed by atoms with van der Waals surface area (Å²) in [6.45, 7) is 7.03. The first-order valence-corrected chi connectivity index (χ1v) is 6.46. The van der Waals surface area contributed by atoms with E-state index in [0.29, 0.717) is 6.42 Å². The summed E-state index contributed by atoms with van der Waals surface area (Å²) in [6.07, 6.45) is 1.78. The molecule has 0 aliphatic heterocycles. The number of ether oxygens (including phenoxy) is 1. The molecule has 4 heteroatoms. The lowest BCUT2D eigenvalue weighted by Gasteiger charge is -2.20. The lowest BCUT2D eigenvalue weighted by Crippen LogP contribution is -2.24. The Morgan fingerprint density at radius 3 is 2.42 bits per heavy atom. The molecular weight excluding hydrogens is 250 g/mol. The summed E-state index contributed by atoms with van der Waals surface area (Å²) in [5.74, 6) is -2.18. The fourth-order valence-corrected chi connectivity index (χ4v) is 1.67. The van der Waals surface area contributed by atoms with Crippen LogP contribution in [0.2, 0.25) is 0 Å². The minimum absolute atomic E-state index is 0.0368. The second-order valence-corrected chi connectivity index (χ2v) is 5.49. The number of esters is 1. The summed E-state index contributed by atoms with van der Waals surface area (Å²) in [5.41, 5.74) is -0.950. The Kier molecular flexibility index (Phi) is 5.04. The third kappa shape index (κ3) is 4.30. The second-order valence-electron chi connectivity index (χ2n) is 5.49. The molecule has 1 aromatic rings. The van der Waals surface area contributed by atoms with Gasteiger partial charge in [0.05, 0.1) is 5.56 Å². The fraction of sp³-hybridized carbons (Fsp3) is 0.533. The number of hydrogen-bond donors (Lipinski definition) is 0. The Morgan fingerprint density at radius 1 is 1.26 bits per heavy atom. The number of benzene rings is 1. The summed E-state index contributed by atoms with van der Waals surface area (Å²) in [5, 5.41) is 0. The normalized spacial score (nSPS) is 11.5. The molecule has 106 valence electrons. The Bertz CT molecular complexity index is 462. The molecule has 0 radical (unpaired) electrons. The van der Waals surface area contributed by atoms with Gasteiger partial charge in [-0.05, 0) is 45.7 Å². The van der Waals surface area contributed by atoms with Crippen LogP contribution in [0.15, 0.2) is 12.1 Å². The van der Waals surface area contributed by atoms with Crippen LogP contribution in [-0.2, 0) is 11.2 Å². The first-order valence-electron chi connectivity index (χ1n) is 6.46. The molecule has 1 aromatic carbocycles. The van der Waals surface area contributed by atoms with Crippen molar-refractivity contribution in [2.75, 3.05) is 0 Å². The molecule has 0 fully saturated rings. The van der Waals surface area contributed by atoms with Gasteiger partial charge in [-0.2, -0.15) is 0 Å². The average Bonchev–Trinajstić information content (AvgIpc) is 2.26. The Balaban J connectivity index is 3.06. The molecule has 2 nitrogen and oxygen atoms in total. The van der Waals surface area contributed by atoms with Crippen molar-refractivity contribution >= 4 is 5.97 Å². The van der Waals surface area contributed by atoms with E-state index in [0.717, 1.165) is 18.6 Å². The highest BCUT2D eigenvalue weighted by Crippen LogP contribution is 2.21. The number of halogens is 2. The maximum Gasteiger partial charge on any atom is 0.341 e. The minimum atomic E-state index is -0.803. The van der Waals surface area contributed by atoms with Gasteiger partial charge < -0.3 is 4.74 Å². The molecular formula is C15H20F2O2. The maximum atomic E-state index is 14.1. The first kappa shape index (κ1) is 15.6. The van der Waals surface area contributed by atoms with Crippen LogP contribution in [0, 0.1) is 11.6 Å². The lowest BCUT2D eigenvalue weighted by molar-refractivity contribution is 0.00644. The van der Waals surface area contributed by atoms with Gasteiger partial charge in [0, 0.05) is 5.56 Å². The van der Waals surface area contributed by atoms with Gasteiger partial charge in [-0.1, -0.05) is 13.3 Å². The summed E-state index contributed by atoms with van der Waals surface area (Å²) in [6, 6.07) is 2.25. The van der Waals surface area contributed by atoms with Crippen LogP contribution < -0.4 is 0 Å². The molecule has 0 atom stereocenters. The van der Waals surface area contributed by atoms with E-state index in [4.69, 9.17) is 4.74 Å². The second kappa shape index (κ2) is 6.13. The molecule has 0 bridgehead atoms. The van der Waals surface area contributed by atoms with Crippen molar-refractivity contribution < 1.29 is 18.3 Å². The van der Waals surface area contributed by atoms with Gasteiger partial charge in [-0.25, -0.2) is 13.6 Å². The molecule has 0 unspecified atom stereocenters. The van der Waals surface area contributed by atoms with E-state index >= 15 is 0 Å². The predicted molar refractivity (Wildman–Crippen MR) is 70.1 cm³/mol. The third-order valence-corrected chi connectivity index (χ3v) is 2.59. The maximum absolute atomic E-state index is 14.1. The quantitative estimate of drug-likeness (QED) is 0.764. The minimum Gasteiger partial charge on any atom is -0.456 e. The Labute approximate surface area is 112 Å². The molecule has 0 aliphatic rings. The standard InChI is InChI=1S/C15H20F2O2/c1-5-6-7-10-12(16)9-8-11(13(10)17)14(18)19-15(2,3)4/h8-9H,5-7H2,1-4H3.